The second-order valence-electron chi connectivity index (χ2n) is 4.21. The quantitative estimate of drug-likeness (QED) is 0.804. The standard InChI is InChI=1S/C13H12N2O4/c1-14-5-6-15(2)11(14)10-7-8(12(16)17)3-4-9(10)13(18)19/h3-7H,1-2H3,(H-,16,17,18,19)/p+1. The molecule has 0 atom stereocenters. The second-order valence-corrected chi connectivity index (χ2v) is 4.21. The van der Waals surface area contributed by atoms with Gasteiger partial charge in [0.1, 0.15) is 12.4 Å². The summed E-state index contributed by atoms with van der Waals surface area (Å²) in [5.74, 6) is -1.55. The molecule has 2 rings (SSSR count). The Bertz CT molecular complexity index is 654. The zero-order valence-corrected chi connectivity index (χ0v) is 10.5. The summed E-state index contributed by atoms with van der Waals surface area (Å²) in [5.41, 5.74) is 0.506. The van der Waals surface area contributed by atoms with Gasteiger partial charge in [0.2, 0.25) is 0 Å². The Morgan fingerprint density at radius 3 is 2.37 bits per heavy atom. The summed E-state index contributed by atoms with van der Waals surface area (Å²) in [6.07, 6.45) is 3.54. The number of carbonyl (C=O) groups is 2. The molecule has 1 heterocycles. The van der Waals surface area contributed by atoms with Crippen LogP contribution in [0.3, 0.4) is 0 Å². The van der Waals surface area contributed by atoms with Gasteiger partial charge in [-0.25, -0.2) is 18.7 Å². The summed E-state index contributed by atoms with van der Waals surface area (Å²) >= 11 is 0. The molecule has 0 saturated carbocycles. The van der Waals surface area contributed by atoms with Crippen LogP contribution in [0.2, 0.25) is 0 Å². The van der Waals surface area contributed by atoms with Crippen molar-refractivity contribution >= 4 is 11.9 Å². The van der Waals surface area contributed by atoms with Gasteiger partial charge in [-0.05, 0) is 18.2 Å². The molecule has 2 N–H and O–H groups in total. The maximum Gasteiger partial charge on any atom is 0.336 e. The molecular weight excluding hydrogens is 248 g/mol. The van der Waals surface area contributed by atoms with Crippen LogP contribution < -0.4 is 4.57 Å². The molecule has 1 aromatic carbocycles. The van der Waals surface area contributed by atoms with Crippen LogP contribution in [-0.4, -0.2) is 26.7 Å². The Morgan fingerprint density at radius 1 is 1.21 bits per heavy atom. The molecule has 19 heavy (non-hydrogen) atoms. The number of benzene rings is 1. The summed E-state index contributed by atoms with van der Waals surface area (Å²) in [7, 11) is 3.54. The molecular formula is C13H13N2O4+. The van der Waals surface area contributed by atoms with E-state index in [0.717, 1.165) is 0 Å². The van der Waals surface area contributed by atoms with Crippen LogP contribution in [0.5, 0.6) is 0 Å². The molecule has 0 aliphatic rings. The van der Waals surface area contributed by atoms with Crippen molar-refractivity contribution in [3.63, 3.8) is 0 Å². The van der Waals surface area contributed by atoms with Crippen molar-refractivity contribution in [1.29, 1.82) is 0 Å². The molecule has 1 aromatic heterocycles. The van der Waals surface area contributed by atoms with Crippen LogP contribution in [0.25, 0.3) is 11.4 Å². The highest BCUT2D eigenvalue weighted by Gasteiger charge is 2.23. The van der Waals surface area contributed by atoms with Crippen LogP contribution in [0, 0.1) is 0 Å². The normalized spacial score (nSPS) is 10.4. The average Bonchev–Trinajstić information content (AvgIpc) is 2.68. The van der Waals surface area contributed by atoms with E-state index in [1.807, 2.05) is 0 Å². The summed E-state index contributed by atoms with van der Waals surface area (Å²) in [5, 5.41) is 18.2. The fraction of sp³-hybridized carbons (Fsp3) is 0.154. The van der Waals surface area contributed by atoms with Crippen molar-refractivity contribution in [1.82, 2.24) is 4.57 Å². The molecule has 0 radical (unpaired) electrons. The number of aromatic nitrogens is 2. The Morgan fingerprint density at radius 2 is 1.89 bits per heavy atom. The van der Waals surface area contributed by atoms with E-state index in [1.165, 1.54) is 18.2 Å². The molecule has 6 nitrogen and oxygen atoms in total. The molecule has 0 aliphatic carbocycles. The minimum Gasteiger partial charge on any atom is -0.478 e. The number of nitrogens with zero attached hydrogens (tertiary/aromatic N) is 2. The lowest BCUT2D eigenvalue weighted by Gasteiger charge is -2.05. The van der Waals surface area contributed by atoms with Gasteiger partial charge in [-0.2, -0.15) is 0 Å². The van der Waals surface area contributed by atoms with E-state index in [2.05, 4.69) is 0 Å². The van der Waals surface area contributed by atoms with Crippen molar-refractivity contribution in [2.24, 2.45) is 14.1 Å². The first-order valence-corrected chi connectivity index (χ1v) is 5.53. The van der Waals surface area contributed by atoms with E-state index in [0.29, 0.717) is 11.4 Å². The highest BCUT2D eigenvalue weighted by Crippen LogP contribution is 2.22. The third kappa shape index (κ3) is 2.20. The number of aryl methyl sites for hydroxylation is 2. The van der Waals surface area contributed by atoms with Crippen LogP contribution >= 0.6 is 0 Å². The number of rotatable bonds is 3. The van der Waals surface area contributed by atoms with Gasteiger partial charge in [-0.3, -0.25) is 0 Å². The number of aromatic carboxylic acids is 2. The van der Waals surface area contributed by atoms with Crippen molar-refractivity contribution in [3.8, 4) is 11.4 Å². The van der Waals surface area contributed by atoms with Gasteiger partial charge in [0.05, 0.1) is 30.8 Å². The minimum absolute atomic E-state index is 0.0567. The number of hydrogen-bond acceptors (Lipinski definition) is 2. The fourth-order valence-electron chi connectivity index (χ4n) is 2.02. The van der Waals surface area contributed by atoms with E-state index in [9.17, 15) is 14.7 Å². The van der Waals surface area contributed by atoms with Gasteiger partial charge in [0, 0.05) is 0 Å². The number of carboxylic acids is 2. The van der Waals surface area contributed by atoms with Gasteiger partial charge < -0.3 is 10.2 Å². The van der Waals surface area contributed by atoms with E-state index in [4.69, 9.17) is 5.11 Å². The Kier molecular flexibility index (Phi) is 3.08. The molecule has 0 spiro atoms. The first-order chi connectivity index (χ1) is 8.91. The van der Waals surface area contributed by atoms with Gasteiger partial charge >= 0.3 is 11.9 Å². The van der Waals surface area contributed by atoms with E-state index in [-0.39, 0.29) is 11.1 Å². The van der Waals surface area contributed by atoms with E-state index in [1.54, 1.807) is 35.6 Å². The summed E-state index contributed by atoms with van der Waals surface area (Å²) < 4.78 is 3.49. The van der Waals surface area contributed by atoms with Crippen LogP contribution in [0.1, 0.15) is 20.7 Å². The largest absolute Gasteiger partial charge is 0.478 e. The number of imidazole rings is 1. The van der Waals surface area contributed by atoms with Crippen LogP contribution in [-0.2, 0) is 14.1 Å². The van der Waals surface area contributed by atoms with Gasteiger partial charge in [0.25, 0.3) is 5.82 Å². The Balaban J connectivity index is 2.75. The van der Waals surface area contributed by atoms with Gasteiger partial charge in [-0.1, -0.05) is 0 Å². The van der Waals surface area contributed by atoms with Gasteiger partial charge in [0.15, 0.2) is 0 Å². The Labute approximate surface area is 109 Å². The lowest BCUT2D eigenvalue weighted by molar-refractivity contribution is -0.659. The zero-order chi connectivity index (χ0) is 14.2. The first-order valence-electron chi connectivity index (χ1n) is 5.53. The van der Waals surface area contributed by atoms with E-state index >= 15 is 0 Å². The minimum atomic E-state index is -1.09. The molecule has 0 amide bonds. The molecule has 0 saturated heterocycles. The summed E-state index contributed by atoms with van der Waals surface area (Å²) in [6, 6.07) is 3.98. The van der Waals surface area contributed by atoms with Crippen molar-refractivity contribution in [2.45, 2.75) is 0 Å². The lowest BCUT2D eigenvalue weighted by atomic mass is 10.0. The van der Waals surface area contributed by atoms with Crippen molar-refractivity contribution in [2.75, 3.05) is 0 Å². The lowest BCUT2D eigenvalue weighted by Crippen LogP contribution is -2.29. The average molecular weight is 261 g/mol. The fourth-order valence-corrected chi connectivity index (χ4v) is 2.02. The third-order valence-electron chi connectivity index (χ3n) is 2.92. The molecule has 0 aliphatic heterocycles. The zero-order valence-electron chi connectivity index (χ0n) is 10.5. The predicted octanol–water partition coefficient (Wildman–Crippen LogP) is 0.913. The smallest absolute Gasteiger partial charge is 0.336 e. The van der Waals surface area contributed by atoms with E-state index < -0.39 is 11.9 Å². The van der Waals surface area contributed by atoms with Crippen LogP contribution in [0.4, 0.5) is 0 Å². The summed E-state index contributed by atoms with van der Waals surface area (Å²) in [6.45, 7) is 0. The monoisotopic (exact) mass is 261 g/mol. The maximum absolute atomic E-state index is 11.3. The van der Waals surface area contributed by atoms with Gasteiger partial charge in [-0.15, -0.1) is 0 Å². The SMILES string of the molecule is Cn1cc[n+](C)c1-c1cc(C(=O)O)ccc1C(=O)O. The molecule has 0 fully saturated rings. The number of hydrogen-bond donors (Lipinski definition) is 2. The molecule has 0 bridgehead atoms. The third-order valence-corrected chi connectivity index (χ3v) is 2.92. The molecule has 0 unspecified atom stereocenters. The first kappa shape index (κ1) is 12.8. The van der Waals surface area contributed by atoms with Crippen LogP contribution in [0.15, 0.2) is 30.6 Å². The molecule has 2 aromatic rings. The highest BCUT2D eigenvalue weighted by atomic mass is 16.4. The predicted molar refractivity (Wildman–Crippen MR) is 65.9 cm³/mol. The maximum atomic E-state index is 11.3. The van der Waals surface area contributed by atoms with Crippen molar-refractivity contribution < 1.29 is 24.4 Å². The second kappa shape index (κ2) is 4.56. The molecule has 6 heteroatoms. The Hall–Kier alpha value is -2.63. The number of carboxylic acid groups (broad SMARTS) is 2. The highest BCUT2D eigenvalue weighted by molar-refractivity contribution is 5.98. The van der Waals surface area contributed by atoms with Crippen molar-refractivity contribution in [3.05, 3.63) is 41.7 Å². The molecule has 98 valence electrons. The topological polar surface area (TPSA) is 83.4 Å². The summed E-state index contributed by atoms with van der Waals surface area (Å²) in [4.78, 5) is 22.3.